The van der Waals surface area contributed by atoms with Gasteiger partial charge in [-0.25, -0.2) is 0 Å². The highest BCUT2D eigenvalue weighted by Crippen LogP contribution is 2.11. The van der Waals surface area contributed by atoms with Crippen LogP contribution in [0.2, 0.25) is 5.02 Å². The van der Waals surface area contributed by atoms with Crippen molar-refractivity contribution in [2.45, 2.75) is 12.5 Å². The third-order valence-corrected chi connectivity index (χ3v) is 3.40. The topological polar surface area (TPSA) is 35.5 Å². The molecule has 1 aromatic rings. The molecule has 1 saturated heterocycles. The summed E-state index contributed by atoms with van der Waals surface area (Å²) in [6, 6.07) is 8.25. The van der Waals surface area contributed by atoms with E-state index in [0.717, 1.165) is 37.6 Å². The van der Waals surface area contributed by atoms with E-state index in [1.54, 1.807) is 0 Å². The molecule has 1 unspecified atom stereocenters. The molecule has 1 aliphatic heterocycles. The molecule has 1 fully saturated rings. The number of rotatable bonds is 4. The van der Waals surface area contributed by atoms with E-state index in [0.29, 0.717) is 0 Å². The van der Waals surface area contributed by atoms with Crippen molar-refractivity contribution in [3.63, 3.8) is 0 Å². The summed E-state index contributed by atoms with van der Waals surface area (Å²) in [7, 11) is 0. The predicted octanol–water partition coefficient (Wildman–Crippen LogP) is 1.15. The Labute approximate surface area is 107 Å². The Morgan fingerprint density at radius 1 is 1.47 bits per heavy atom. The van der Waals surface area contributed by atoms with Gasteiger partial charge in [0.15, 0.2) is 0 Å². The van der Waals surface area contributed by atoms with Crippen LogP contribution in [0.4, 0.5) is 0 Å². The van der Waals surface area contributed by atoms with Crippen molar-refractivity contribution < 1.29 is 5.11 Å². The van der Waals surface area contributed by atoms with Crippen molar-refractivity contribution in [2.75, 3.05) is 32.8 Å². The Kier molecular flexibility index (Phi) is 4.80. The van der Waals surface area contributed by atoms with Crippen molar-refractivity contribution in [1.82, 2.24) is 10.2 Å². The van der Waals surface area contributed by atoms with Crippen LogP contribution in [0.1, 0.15) is 5.56 Å². The summed E-state index contributed by atoms with van der Waals surface area (Å²) in [5.74, 6) is 0. The van der Waals surface area contributed by atoms with E-state index in [1.165, 1.54) is 5.56 Å². The lowest BCUT2D eigenvalue weighted by Gasteiger charge is -2.32. The highest BCUT2D eigenvalue weighted by atomic mass is 35.5. The molecule has 0 amide bonds. The molecule has 2 N–H and O–H groups in total. The van der Waals surface area contributed by atoms with E-state index in [1.807, 2.05) is 18.2 Å². The van der Waals surface area contributed by atoms with E-state index in [-0.39, 0.29) is 12.6 Å². The largest absolute Gasteiger partial charge is 0.395 e. The Balaban J connectivity index is 1.81. The second-order valence-electron chi connectivity index (χ2n) is 4.51. The maximum atomic E-state index is 9.12. The number of hydrogen-bond acceptors (Lipinski definition) is 3. The molecule has 0 bridgehead atoms. The molecule has 1 aromatic carbocycles. The van der Waals surface area contributed by atoms with Crippen LogP contribution < -0.4 is 5.32 Å². The maximum absolute atomic E-state index is 9.12. The molecular weight excluding hydrogens is 236 g/mol. The second-order valence-corrected chi connectivity index (χ2v) is 4.95. The van der Waals surface area contributed by atoms with Crippen LogP contribution in [0.3, 0.4) is 0 Å². The monoisotopic (exact) mass is 254 g/mol. The van der Waals surface area contributed by atoms with Crippen LogP contribution in [-0.4, -0.2) is 48.8 Å². The Morgan fingerprint density at radius 3 is 3.12 bits per heavy atom. The van der Waals surface area contributed by atoms with Gasteiger partial charge >= 0.3 is 0 Å². The average molecular weight is 255 g/mol. The quantitative estimate of drug-likeness (QED) is 0.846. The van der Waals surface area contributed by atoms with Crippen LogP contribution in [-0.2, 0) is 6.42 Å². The SMILES string of the molecule is OCC1CN(CCc2cccc(Cl)c2)CCN1. The first-order valence-corrected chi connectivity index (χ1v) is 6.47. The summed E-state index contributed by atoms with van der Waals surface area (Å²) in [4.78, 5) is 2.39. The van der Waals surface area contributed by atoms with E-state index >= 15 is 0 Å². The number of nitrogens with one attached hydrogen (secondary N) is 1. The van der Waals surface area contributed by atoms with Crippen molar-refractivity contribution in [3.8, 4) is 0 Å². The van der Waals surface area contributed by atoms with Gasteiger partial charge < -0.3 is 15.3 Å². The van der Waals surface area contributed by atoms with Crippen molar-refractivity contribution in [1.29, 1.82) is 0 Å². The van der Waals surface area contributed by atoms with Gasteiger partial charge in [-0.2, -0.15) is 0 Å². The lowest BCUT2D eigenvalue weighted by atomic mass is 10.1. The van der Waals surface area contributed by atoms with Gasteiger partial charge in [-0.1, -0.05) is 23.7 Å². The van der Waals surface area contributed by atoms with Crippen molar-refractivity contribution in [2.24, 2.45) is 0 Å². The van der Waals surface area contributed by atoms with Crippen LogP contribution in [0, 0.1) is 0 Å². The normalized spacial score (nSPS) is 21.6. The molecule has 17 heavy (non-hydrogen) atoms. The predicted molar refractivity (Wildman–Crippen MR) is 70.5 cm³/mol. The zero-order chi connectivity index (χ0) is 12.1. The molecule has 2 rings (SSSR count). The molecular formula is C13H19ClN2O. The molecule has 1 aliphatic rings. The number of piperazine rings is 1. The standard InChI is InChI=1S/C13H19ClN2O/c14-12-3-1-2-11(8-12)4-6-16-7-5-15-13(9-16)10-17/h1-3,8,13,15,17H,4-7,9-10H2. The van der Waals surface area contributed by atoms with Crippen LogP contribution in [0.5, 0.6) is 0 Å². The summed E-state index contributed by atoms with van der Waals surface area (Å²) in [6.07, 6.45) is 1.01. The van der Waals surface area contributed by atoms with E-state index in [9.17, 15) is 0 Å². The zero-order valence-electron chi connectivity index (χ0n) is 9.90. The maximum Gasteiger partial charge on any atom is 0.0597 e. The molecule has 4 heteroatoms. The minimum absolute atomic E-state index is 0.216. The molecule has 0 saturated carbocycles. The van der Waals surface area contributed by atoms with Gasteiger partial charge in [-0.05, 0) is 24.1 Å². The highest BCUT2D eigenvalue weighted by Gasteiger charge is 2.17. The smallest absolute Gasteiger partial charge is 0.0597 e. The molecule has 1 heterocycles. The van der Waals surface area contributed by atoms with Crippen LogP contribution in [0.15, 0.2) is 24.3 Å². The van der Waals surface area contributed by atoms with Crippen LogP contribution >= 0.6 is 11.6 Å². The van der Waals surface area contributed by atoms with E-state index < -0.39 is 0 Å². The first kappa shape index (κ1) is 12.8. The number of nitrogens with zero attached hydrogens (tertiary/aromatic N) is 1. The molecule has 3 nitrogen and oxygen atoms in total. The number of aliphatic hydroxyl groups is 1. The number of aliphatic hydroxyl groups excluding tert-OH is 1. The lowest BCUT2D eigenvalue weighted by molar-refractivity contribution is 0.149. The van der Waals surface area contributed by atoms with Gasteiger partial charge in [0.25, 0.3) is 0 Å². The van der Waals surface area contributed by atoms with Gasteiger partial charge in [-0.3, -0.25) is 0 Å². The molecule has 0 radical (unpaired) electrons. The van der Waals surface area contributed by atoms with Crippen molar-refractivity contribution >= 4 is 11.6 Å². The Morgan fingerprint density at radius 2 is 2.35 bits per heavy atom. The fourth-order valence-electron chi connectivity index (χ4n) is 2.20. The van der Waals surface area contributed by atoms with Gasteiger partial charge in [-0.15, -0.1) is 0 Å². The first-order valence-electron chi connectivity index (χ1n) is 6.09. The third kappa shape index (κ3) is 3.96. The number of halogens is 1. The fourth-order valence-corrected chi connectivity index (χ4v) is 2.41. The summed E-state index contributed by atoms with van der Waals surface area (Å²) in [5, 5.41) is 13.2. The Hall–Kier alpha value is -0.610. The Bertz CT molecular complexity index is 359. The van der Waals surface area contributed by atoms with Crippen molar-refractivity contribution in [3.05, 3.63) is 34.9 Å². The minimum Gasteiger partial charge on any atom is -0.395 e. The molecule has 0 aliphatic carbocycles. The van der Waals surface area contributed by atoms with Gasteiger partial charge in [0, 0.05) is 37.2 Å². The van der Waals surface area contributed by atoms with Gasteiger partial charge in [0.2, 0.25) is 0 Å². The lowest BCUT2D eigenvalue weighted by Crippen LogP contribution is -2.52. The molecule has 0 aromatic heterocycles. The zero-order valence-corrected chi connectivity index (χ0v) is 10.7. The highest BCUT2D eigenvalue weighted by molar-refractivity contribution is 6.30. The van der Waals surface area contributed by atoms with Crippen LogP contribution in [0.25, 0.3) is 0 Å². The average Bonchev–Trinajstić information content (AvgIpc) is 2.37. The van der Waals surface area contributed by atoms with E-state index in [4.69, 9.17) is 16.7 Å². The molecule has 0 spiro atoms. The summed E-state index contributed by atoms with van der Waals surface area (Å²) >= 11 is 5.96. The molecule has 94 valence electrons. The third-order valence-electron chi connectivity index (χ3n) is 3.17. The first-order chi connectivity index (χ1) is 8.28. The number of benzene rings is 1. The summed E-state index contributed by atoms with van der Waals surface area (Å²) in [6.45, 7) is 4.18. The minimum atomic E-state index is 0.216. The van der Waals surface area contributed by atoms with Gasteiger partial charge in [0.05, 0.1) is 6.61 Å². The fraction of sp³-hybridized carbons (Fsp3) is 0.538. The van der Waals surface area contributed by atoms with E-state index in [2.05, 4.69) is 16.3 Å². The summed E-state index contributed by atoms with van der Waals surface area (Å²) in [5.41, 5.74) is 1.27. The second kappa shape index (κ2) is 6.36. The molecule has 1 atom stereocenters. The summed E-state index contributed by atoms with van der Waals surface area (Å²) < 4.78 is 0. The number of hydrogen-bond donors (Lipinski definition) is 2. The van der Waals surface area contributed by atoms with Gasteiger partial charge in [0.1, 0.15) is 0 Å².